The molecule has 6 nitrogen and oxygen atoms in total. The maximum atomic E-state index is 12.6. The van der Waals surface area contributed by atoms with Crippen molar-refractivity contribution >= 4 is 34.8 Å². The Hall–Kier alpha value is -2.57. The summed E-state index contributed by atoms with van der Waals surface area (Å²) in [5.74, 6) is -0.268. The van der Waals surface area contributed by atoms with Gasteiger partial charge in [-0.25, -0.2) is 0 Å². The topological polar surface area (TPSA) is 70.7 Å². The Morgan fingerprint density at radius 2 is 1.73 bits per heavy atom. The van der Waals surface area contributed by atoms with Gasteiger partial charge in [-0.05, 0) is 36.4 Å². The van der Waals surface area contributed by atoms with Crippen LogP contribution >= 0.6 is 11.6 Å². The largest absolute Gasteiger partial charge is 0.378 e. The minimum atomic E-state index is -0.255. The van der Waals surface area contributed by atoms with Crippen LogP contribution in [-0.2, 0) is 9.53 Å². The van der Waals surface area contributed by atoms with E-state index >= 15 is 0 Å². The molecule has 1 heterocycles. The number of carbonyl (C=O) groups excluding carboxylic acids is 2. The van der Waals surface area contributed by atoms with Crippen LogP contribution in [0.2, 0.25) is 5.02 Å². The van der Waals surface area contributed by atoms with Gasteiger partial charge in [0.05, 0.1) is 25.3 Å². The van der Waals surface area contributed by atoms with Crippen molar-refractivity contribution in [2.45, 2.75) is 0 Å². The molecule has 1 aliphatic heterocycles. The highest BCUT2D eigenvalue weighted by Gasteiger charge is 2.17. The lowest BCUT2D eigenvalue weighted by Gasteiger charge is -2.27. The van der Waals surface area contributed by atoms with Crippen LogP contribution in [0.15, 0.2) is 48.5 Å². The Kier molecular flexibility index (Phi) is 6.09. The molecule has 0 atom stereocenters. The molecule has 2 N–H and O–H groups in total. The van der Waals surface area contributed by atoms with E-state index in [0.717, 1.165) is 0 Å². The molecule has 3 rings (SSSR count). The maximum absolute atomic E-state index is 12.6. The molecule has 1 saturated heterocycles. The number of benzene rings is 2. The second-order valence-electron chi connectivity index (χ2n) is 5.85. The Morgan fingerprint density at radius 1 is 1.04 bits per heavy atom. The number of ether oxygens (including phenoxy) is 1. The lowest BCUT2D eigenvalue weighted by molar-refractivity contribution is -0.133. The highest BCUT2D eigenvalue weighted by Crippen LogP contribution is 2.19. The SMILES string of the molecule is O=C(Nc1ccc(Cl)cc1)c1ccccc1NCC(=O)N1CCOCC1. The number of amides is 2. The molecule has 0 saturated carbocycles. The van der Waals surface area contributed by atoms with Gasteiger partial charge in [-0.15, -0.1) is 0 Å². The molecule has 136 valence electrons. The zero-order valence-corrected chi connectivity index (χ0v) is 15.0. The molecule has 0 spiro atoms. The Labute approximate surface area is 157 Å². The average Bonchev–Trinajstić information content (AvgIpc) is 2.68. The fraction of sp³-hybridized carbons (Fsp3) is 0.263. The van der Waals surface area contributed by atoms with Gasteiger partial charge in [-0.3, -0.25) is 9.59 Å². The molecule has 0 radical (unpaired) electrons. The number of hydrogen-bond acceptors (Lipinski definition) is 4. The van der Waals surface area contributed by atoms with Gasteiger partial charge in [0, 0.05) is 29.5 Å². The highest BCUT2D eigenvalue weighted by atomic mass is 35.5. The van der Waals surface area contributed by atoms with Crippen LogP contribution in [0.1, 0.15) is 10.4 Å². The molecule has 1 aliphatic rings. The van der Waals surface area contributed by atoms with Gasteiger partial charge >= 0.3 is 0 Å². The molecule has 2 aromatic carbocycles. The second-order valence-corrected chi connectivity index (χ2v) is 6.29. The van der Waals surface area contributed by atoms with Gasteiger partial charge in [0.2, 0.25) is 5.91 Å². The van der Waals surface area contributed by atoms with Crippen molar-refractivity contribution in [3.05, 3.63) is 59.1 Å². The van der Waals surface area contributed by atoms with Gasteiger partial charge in [-0.1, -0.05) is 23.7 Å². The molecule has 2 amide bonds. The van der Waals surface area contributed by atoms with Crippen molar-refractivity contribution in [1.82, 2.24) is 4.90 Å². The number of anilines is 2. The lowest BCUT2D eigenvalue weighted by Crippen LogP contribution is -2.43. The number of nitrogens with one attached hydrogen (secondary N) is 2. The van der Waals surface area contributed by atoms with Gasteiger partial charge in [0.15, 0.2) is 0 Å². The summed E-state index contributed by atoms with van der Waals surface area (Å²) in [6, 6.07) is 14.0. The molecule has 0 aromatic heterocycles. The van der Waals surface area contributed by atoms with Crippen LogP contribution in [0.3, 0.4) is 0 Å². The quantitative estimate of drug-likeness (QED) is 0.845. The van der Waals surface area contributed by atoms with Crippen LogP contribution < -0.4 is 10.6 Å². The third kappa shape index (κ3) is 4.74. The number of carbonyl (C=O) groups is 2. The molecular weight excluding hydrogens is 354 g/mol. The zero-order valence-electron chi connectivity index (χ0n) is 14.2. The standard InChI is InChI=1S/C19H20ClN3O3/c20-14-5-7-15(8-6-14)22-19(25)16-3-1-2-4-17(16)21-13-18(24)23-9-11-26-12-10-23/h1-8,21H,9-13H2,(H,22,25). The number of morpholine rings is 1. The van der Waals surface area contributed by atoms with E-state index in [-0.39, 0.29) is 18.4 Å². The smallest absolute Gasteiger partial charge is 0.257 e. The van der Waals surface area contributed by atoms with E-state index < -0.39 is 0 Å². The maximum Gasteiger partial charge on any atom is 0.257 e. The van der Waals surface area contributed by atoms with Crippen molar-refractivity contribution < 1.29 is 14.3 Å². The summed E-state index contributed by atoms with van der Waals surface area (Å²) >= 11 is 5.86. The summed E-state index contributed by atoms with van der Waals surface area (Å²) in [5, 5.41) is 6.50. The molecule has 0 bridgehead atoms. The lowest BCUT2D eigenvalue weighted by atomic mass is 10.1. The Bertz CT molecular complexity index is 774. The predicted molar refractivity (Wildman–Crippen MR) is 102 cm³/mol. The fourth-order valence-corrected chi connectivity index (χ4v) is 2.79. The molecule has 1 fully saturated rings. The van der Waals surface area contributed by atoms with Crippen molar-refractivity contribution in [2.24, 2.45) is 0 Å². The fourth-order valence-electron chi connectivity index (χ4n) is 2.66. The van der Waals surface area contributed by atoms with E-state index in [2.05, 4.69) is 10.6 Å². The third-order valence-electron chi connectivity index (χ3n) is 4.07. The Morgan fingerprint density at radius 3 is 2.46 bits per heavy atom. The molecule has 7 heteroatoms. The van der Waals surface area contributed by atoms with Crippen LogP contribution in [-0.4, -0.2) is 49.6 Å². The minimum Gasteiger partial charge on any atom is -0.378 e. The third-order valence-corrected chi connectivity index (χ3v) is 4.32. The first-order valence-corrected chi connectivity index (χ1v) is 8.76. The normalized spacial score (nSPS) is 14.0. The van der Waals surface area contributed by atoms with Crippen molar-refractivity contribution in [2.75, 3.05) is 43.5 Å². The Balaban J connectivity index is 1.64. The summed E-state index contributed by atoms with van der Waals surface area (Å²) < 4.78 is 5.25. The molecule has 0 unspecified atom stereocenters. The predicted octanol–water partition coefficient (Wildman–Crippen LogP) is 2.86. The first kappa shape index (κ1) is 18.2. The van der Waals surface area contributed by atoms with E-state index in [9.17, 15) is 9.59 Å². The molecule has 2 aromatic rings. The molecule has 26 heavy (non-hydrogen) atoms. The summed E-state index contributed by atoms with van der Waals surface area (Å²) in [7, 11) is 0. The van der Waals surface area contributed by atoms with E-state index in [4.69, 9.17) is 16.3 Å². The van der Waals surface area contributed by atoms with Gasteiger partial charge in [-0.2, -0.15) is 0 Å². The number of para-hydroxylation sites is 1. The summed E-state index contributed by atoms with van der Waals surface area (Å²) in [6.45, 7) is 2.45. The van der Waals surface area contributed by atoms with E-state index in [1.54, 1.807) is 47.4 Å². The molecule has 0 aliphatic carbocycles. The minimum absolute atomic E-state index is 0.0128. The van der Waals surface area contributed by atoms with Crippen molar-refractivity contribution in [3.63, 3.8) is 0 Å². The van der Waals surface area contributed by atoms with Gasteiger partial charge in [0.25, 0.3) is 5.91 Å². The summed E-state index contributed by atoms with van der Waals surface area (Å²) in [4.78, 5) is 26.6. The van der Waals surface area contributed by atoms with E-state index in [0.29, 0.717) is 48.3 Å². The average molecular weight is 374 g/mol. The van der Waals surface area contributed by atoms with Crippen molar-refractivity contribution in [1.29, 1.82) is 0 Å². The number of rotatable bonds is 5. The van der Waals surface area contributed by atoms with Crippen LogP contribution in [0.5, 0.6) is 0 Å². The van der Waals surface area contributed by atoms with Crippen LogP contribution in [0.4, 0.5) is 11.4 Å². The van der Waals surface area contributed by atoms with Crippen LogP contribution in [0, 0.1) is 0 Å². The number of halogens is 1. The van der Waals surface area contributed by atoms with E-state index in [1.807, 2.05) is 6.07 Å². The van der Waals surface area contributed by atoms with E-state index in [1.165, 1.54) is 0 Å². The monoisotopic (exact) mass is 373 g/mol. The first-order chi connectivity index (χ1) is 12.6. The zero-order chi connectivity index (χ0) is 18.4. The summed E-state index contributed by atoms with van der Waals surface area (Å²) in [5.41, 5.74) is 1.73. The molecular formula is C19H20ClN3O3. The van der Waals surface area contributed by atoms with Gasteiger partial charge in [0.1, 0.15) is 0 Å². The number of hydrogen-bond donors (Lipinski definition) is 2. The van der Waals surface area contributed by atoms with Crippen molar-refractivity contribution in [3.8, 4) is 0 Å². The van der Waals surface area contributed by atoms with Crippen LogP contribution in [0.25, 0.3) is 0 Å². The first-order valence-electron chi connectivity index (χ1n) is 8.39. The summed E-state index contributed by atoms with van der Waals surface area (Å²) in [6.07, 6.45) is 0. The highest BCUT2D eigenvalue weighted by molar-refractivity contribution is 6.30. The van der Waals surface area contributed by atoms with Gasteiger partial charge < -0.3 is 20.3 Å². The number of nitrogens with zero attached hydrogens (tertiary/aromatic N) is 1. The second kappa shape index (κ2) is 8.69.